The molecule has 0 aliphatic heterocycles. The molecule has 2 atom stereocenters. The quantitative estimate of drug-likeness (QED) is 0.899. The molecule has 20 heavy (non-hydrogen) atoms. The van der Waals surface area contributed by atoms with Crippen molar-refractivity contribution in [2.75, 3.05) is 6.54 Å². The van der Waals surface area contributed by atoms with E-state index in [0.29, 0.717) is 10.6 Å². The fourth-order valence-electron chi connectivity index (χ4n) is 2.16. The van der Waals surface area contributed by atoms with Gasteiger partial charge < -0.3 is 10.8 Å². The molecule has 0 amide bonds. The highest BCUT2D eigenvalue weighted by molar-refractivity contribution is 6.31. The fourth-order valence-corrected chi connectivity index (χ4v) is 2.71. The smallest absolute Gasteiger partial charge is 0.124 e. The number of aliphatic hydroxyl groups is 1. The highest BCUT2D eigenvalue weighted by Crippen LogP contribution is 2.36. The van der Waals surface area contributed by atoms with Crippen molar-refractivity contribution in [3.05, 3.63) is 69.5 Å². The summed E-state index contributed by atoms with van der Waals surface area (Å²) in [5.74, 6) is -0.861. The van der Waals surface area contributed by atoms with Crippen LogP contribution in [0, 0.1) is 5.82 Å². The fraction of sp³-hybridized carbons (Fsp3) is 0.200. The zero-order chi connectivity index (χ0) is 14.7. The number of aliphatic hydroxyl groups excluding tert-OH is 1. The first-order chi connectivity index (χ1) is 9.54. The molecular formula is C15H14Cl2FNO. The minimum absolute atomic E-state index is 0.169. The Balaban J connectivity index is 2.39. The van der Waals surface area contributed by atoms with Gasteiger partial charge in [-0.1, -0.05) is 47.5 Å². The number of halogens is 3. The Morgan fingerprint density at radius 1 is 1.05 bits per heavy atom. The summed E-state index contributed by atoms with van der Waals surface area (Å²) >= 11 is 12.1. The highest BCUT2D eigenvalue weighted by atomic mass is 35.5. The van der Waals surface area contributed by atoms with Gasteiger partial charge in [0.05, 0.1) is 6.10 Å². The predicted octanol–water partition coefficient (Wildman–Crippen LogP) is 3.91. The van der Waals surface area contributed by atoms with Crippen molar-refractivity contribution < 1.29 is 9.50 Å². The van der Waals surface area contributed by atoms with Crippen molar-refractivity contribution in [2.24, 2.45) is 5.73 Å². The van der Waals surface area contributed by atoms with E-state index in [2.05, 4.69) is 0 Å². The van der Waals surface area contributed by atoms with E-state index in [9.17, 15) is 9.50 Å². The van der Waals surface area contributed by atoms with Crippen LogP contribution in [0.15, 0.2) is 42.5 Å². The van der Waals surface area contributed by atoms with Crippen molar-refractivity contribution in [1.82, 2.24) is 0 Å². The minimum atomic E-state index is -0.951. The molecule has 106 valence electrons. The van der Waals surface area contributed by atoms with Crippen LogP contribution in [0.5, 0.6) is 0 Å². The van der Waals surface area contributed by atoms with E-state index in [0.717, 1.165) is 5.56 Å². The largest absolute Gasteiger partial charge is 0.388 e. The summed E-state index contributed by atoms with van der Waals surface area (Å²) < 4.78 is 13.1. The molecule has 0 heterocycles. The molecule has 0 aliphatic rings. The molecule has 0 aliphatic carbocycles. The lowest BCUT2D eigenvalue weighted by atomic mass is 9.89. The Morgan fingerprint density at radius 3 is 2.35 bits per heavy atom. The predicted molar refractivity (Wildman–Crippen MR) is 79.6 cm³/mol. The zero-order valence-electron chi connectivity index (χ0n) is 10.6. The van der Waals surface area contributed by atoms with Gasteiger partial charge in [0.1, 0.15) is 5.82 Å². The van der Waals surface area contributed by atoms with E-state index in [1.54, 1.807) is 18.2 Å². The first-order valence-corrected chi connectivity index (χ1v) is 6.87. The van der Waals surface area contributed by atoms with Gasteiger partial charge in [0, 0.05) is 22.5 Å². The normalized spacial score (nSPS) is 14.1. The zero-order valence-corrected chi connectivity index (χ0v) is 12.1. The molecule has 0 aromatic heterocycles. The second-order valence-electron chi connectivity index (χ2n) is 4.47. The maximum absolute atomic E-state index is 13.1. The van der Waals surface area contributed by atoms with E-state index < -0.39 is 17.8 Å². The summed E-state index contributed by atoms with van der Waals surface area (Å²) in [6.45, 7) is 0.193. The van der Waals surface area contributed by atoms with Crippen LogP contribution < -0.4 is 5.73 Å². The average molecular weight is 314 g/mol. The monoisotopic (exact) mass is 313 g/mol. The summed E-state index contributed by atoms with van der Waals surface area (Å²) in [6, 6.07) is 11.0. The molecule has 2 aromatic rings. The second-order valence-corrected chi connectivity index (χ2v) is 5.29. The van der Waals surface area contributed by atoms with Crippen LogP contribution in [0.2, 0.25) is 10.0 Å². The summed E-state index contributed by atoms with van der Waals surface area (Å²) in [6.07, 6.45) is -0.951. The third-order valence-electron chi connectivity index (χ3n) is 3.22. The Hall–Kier alpha value is -1.13. The van der Waals surface area contributed by atoms with Gasteiger partial charge in [0.15, 0.2) is 0 Å². The lowest BCUT2D eigenvalue weighted by Crippen LogP contribution is -2.20. The minimum Gasteiger partial charge on any atom is -0.388 e. The average Bonchev–Trinajstić information content (AvgIpc) is 2.41. The van der Waals surface area contributed by atoms with Crippen molar-refractivity contribution in [3.63, 3.8) is 0 Å². The molecule has 0 saturated heterocycles. The Morgan fingerprint density at radius 2 is 1.75 bits per heavy atom. The molecule has 0 saturated carbocycles. The molecule has 0 bridgehead atoms. The van der Waals surface area contributed by atoms with E-state index in [4.69, 9.17) is 28.9 Å². The van der Waals surface area contributed by atoms with Gasteiger partial charge in [-0.25, -0.2) is 4.39 Å². The summed E-state index contributed by atoms with van der Waals surface area (Å²) in [4.78, 5) is 0. The van der Waals surface area contributed by atoms with Crippen LogP contribution in [-0.2, 0) is 0 Å². The first kappa shape index (κ1) is 15.3. The van der Waals surface area contributed by atoms with Crippen LogP contribution in [0.4, 0.5) is 4.39 Å². The molecule has 5 heteroatoms. The van der Waals surface area contributed by atoms with Crippen molar-refractivity contribution >= 4 is 23.2 Å². The molecule has 2 nitrogen and oxygen atoms in total. The second kappa shape index (κ2) is 6.55. The Kier molecular flexibility index (Phi) is 5.00. The van der Waals surface area contributed by atoms with Gasteiger partial charge in [-0.3, -0.25) is 0 Å². The van der Waals surface area contributed by atoms with Crippen LogP contribution in [0.1, 0.15) is 23.1 Å². The number of rotatable bonds is 4. The third-order valence-corrected chi connectivity index (χ3v) is 3.89. The third kappa shape index (κ3) is 3.13. The number of benzene rings is 2. The van der Waals surface area contributed by atoms with Crippen LogP contribution in [0.3, 0.4) is 0 Å². The molecule has 0 fully saturated rings. The van der Waals surface area contributed by atoms with Crippen LogP contribution in [-0.4, -0.2) is 11.7 Å². The molecule has 3 N–H and O–H groups in total. The molecule has 2 aromatic carbocycles. The lowest BCUT2D eigenvalue weighted by molar-refractivity contribution is 0.147. The summed E-state index contributed by atoms with van der Waals surface area (Å²) in [5, 5.41) is 11.2. The maximum atomic E-state index is 13.1. The SMILES string of the molecule is NCC(c1ccccc1Cl)C(O)c1ccc(F)cc1Cl. The Bertz CT molecular complexity index is 606. The number of hydrogen-bond donors (Lipinski definition) is 2. The first-order valence-electron chi connectivity index (χ1n) is 6.12. The van der Waals surface area contributed by atoms with E-state index in [1.165, 1.54) is 18.2 Å². The lowest BCUT2D eigenvalue weighted by Gasteiger charge is -2.24. The summed E-state index contributed by atoms with van der Waals surface area (Å²) in [5.41, 5.74) is 6.93. The number of nitrogens with two attached hydrogens (primary N) is 1. The van der Waals surface area contributed by atoms with Gasteiger partial charge in [-0.15, -0.1) is 0 Å². The van der Waals surface area contributed by atoms with Crippen LogP contribution in [0.25, 0.3) is 0 Å². The molecule has 2 unspecified atom stereocenters. The van der Waals surface area contributed by atoms with Gasteiger partial charge in [0.25, 0.3) is 0 Å². The topological polar surface area (TPSA) is 46.2 Å². The summed E-state index contributed by atoms with van der Waals surface area (Å²) in [7, 11) is 0. The highest BCUT2D eigenvalue weighted by Gasteiger charge is 2.25. The van der Waals surface area contributed by atoms with Crippen molar-refractivity contribution in [3.8, 4) is 0 Å². The van der Waals surface area contributed by atoms with Gasteiger partial charge in [0.2, 0.25) is 0 Å². The van der Waals surface area contributed by atoms with Gasteiger partial charge >= 0.3 is 0 Å². The van der Waals surface area contributed by atoms with Crippen LogP contribution >= 0.6 is 23.2 Å². The standard InChI is InChI=1S/C15H14Cl2FNO/c16-13-4-2-1-3-10(13)12(8-19)15(20)11-6-5-9(18)7-14(11)17/h1-7,12,15,20H,8,19H2. The Labute approximate surface area is 126 Å². The van der Waals surface area contributed by atoms with Gasteiger partial charge in [-0.05, 0) is 29.3 Å². The number of hydrogen-bond acceptors (Lipinski definition) is 2. The van der Waals surface area contributed by atoms with E-state index >= 15 is 0 Å². The molecule has 0 spiro atoms. The molecular weight excluding hydrogens is 300 g/mol. The van der Waals surface area contributed by atoms with Crippen molar-refractivity contribution in [1.29, 1.82) is 0 Å². The van der Waals surface area contributed by atoms with Gasteiger partial charge in [-0.2, -0.15) is 0 Å². The van der Waals surface area contributed by atoms with E-state index in [1.807, 2.05) is 6.07 Å². The van der Waals surface area contributed by atoms with E-state index in [-0.39, 0.29) is 11.6 Å². The molecule has 2 rings (SSSR count). The maximum Gasteiger partial charge on any atom is 0.124 e. The molecule has 0 radical (unpaired) electrons. The van der Waals surface area contributed by atoms with Crippen molar-refractivity contribution in [2.45, 2.75) is 12.0 Å².